The van der Waals surface area contributed by atoms with E-state index in [-0.39, 0.29) is 30.7 Å². The number of hydrogen-bond donors (Lipinski definition) is 2. The van der Waals surface area contributed by atoms with Crippen molar-refractivity contribution in [3.63, 3.8) is 0 Å². The van der Waals surface area contributed by atoms with Gasteiger partial charge in [0.15, 0.2) is 0 Å². The lowest BCUT2D eigenvalue weighted by Gasteiger charge is -2.32. The van der Waals surface area contributed by atoms with E-state index in [2.05, 4.69) is 21.2 Å². The van der Waals surface area contributed by atoms with Crippen LogP contribution in [-0.4, -0.2) is 47.4 Å². The molecule has 24 heavy (non-hydrogen) atoms. The minimum Gasteiger partial charge on any atom is -0.481 e. The van der Waals surface area contributed by atoms with E-state index in [9.17, 15) is 14.4 Å². The van der Waals surface area contributed by atoms with Crippen LogP contribution in [0.5, 0.6) is 0 Å². The average molecular weight is 397 g/mol. The summed E-state index contributed by atoms with van der Waals surface area (Å²) in [5.41, 5.74) is 1.53. The third-order valence-electron chi connectivity index (χ3n) is 4.14. The minimum absolute atomic E-state index is 0.0666. The van der Waals surface area contributed by atoms with E-state index < -0.39 is 5.97 Å². The van der Waals surface area contributed by atoms with E-state index >= 15 is 0 Å². The number of aliphatic carboxylic acids is 1. The topological polar surface area (TPSA) is 86.7 Å². The predicted octanol–water partition coefficient (Wildman–Crippen LogP) is 2.20. The number of nitrogens with one attached hydrogen (secondary N) is 1. The number of piperidine rings is 1. The Labute approximate surface area is 149 Å². The van der Waals surface area contributed by atoms with E-state index in [4.69, 9.17) is 5.11 Å². The van der Waals surface area contributed by atoms with Crippen molar-refractivity contribution < 1.29 is 19.5 Å². The molecule has 1 atom stereocenters. The van der Waals surface area contributed by atoms with Gasteiger partial charge in [-0.25, -0.2) is 0 Å². The first kappa shape index (κ1) is 18.4. The van der Waals surface area contributed by atoms with Crippen LogP contribution in [0.4, 0.5) is 0 Å². The molecule has 1 aromatic rings. The van der Waals surface area contributed by atoms with Crippen LogP contribution in [0.15, 0.2) is 22.7 Å². The first-order valence-corrected chi connectivity index (χ1v) is 8.72. The monoisotopic (exact) mass is 396 g/mol. The van der Waals surface area contributed by atoms with Crippen LogP contribution in [0.1, 0.15) is 35.2 Å². The summed E-state index contributed by atoms with van der Waals surface area (Å²) < 4.78 is 0.922. The van der Waals surface area contributed by atoms with Gasteiger partial charge in [0.05, 0.1) is 12.3 Å². The van der Waals surface area contributed by atoms with Crippen LogP contribution < -0.4 is 5.32 Å². The van der Waals surface area contributed by atoms with Gasteiger partial charge in [0, 0.05) is 29.7 Å². The van der Waals surface area contributed by atoms with Crippen molar-refractivity contribution in [2.75, 3.05) is 19.6 Å². The fraction of sp³-hybridized carbons (Fsp3) is 0.471. The van der Waals surface area contributed by atoms with E-state index in [1.54, 1.807) is 11.0 Å². The van der Waals surface area contributed by atoms with Gasteiger partial charge in [0.2, 0.25) is 5.91 Å². The number of carbonyl (C=O) groups excluding carboxylic acids is 2. The van der Waals surface area contributed by atoms with Gasteiger partial charge in [0.25, 0.3) is 5.91 Å². The van der Waals surface area contributed by atoms with Gasteiger partial charge in [-0.3, -0.25) is 14.4 Å². The highest BCUT2D eigenvalue weighted by molar-refractivity contribution is 9.10. The lowest BCUT2D eigenvalue weighted by molar-refractivity contribution is -0.137. The number of carboxylic acid groups (broad SMARTS) is 1. The lowest BCUT2D eigenvalue weighted by atomic mass is 9.96. The Morgan fingerprint density at radius 2 is 2.12 bits per heavy atom. The Balaban J connectivity index is 1.98. The van der Waals surface area contributed by atoms with Crippen molar-refractivity contribution in [2.24, 2.45) is 5.92 Å². The largest absolute Gasteiger partial charge is 0.481 e. The number of likely N-dealkylation sites (tertiary alicyclic amines) is 1. The molecule has 1 saturated heterocycles. The molecule has 0 saturated carbocycles. The number of benzene rings is 1. The molecular weight excluding hydrogens is 376 g/mol. The zero-order valence-electron chi connectivity index (χ0n) is 13.5. The summed E-state index contributed by atoms with van der Waals surface area (Å²) in [6, 6.07) is 5.52. The molecule has 6 nitrogen and oxygen atoms in total. The molecule has 1 aromatic carbocycles. The minimum atomic E-state index is -0.943. The molecule has 130 valence electrons. The van der Waals surface area contributed by atoms with Crippen LogP contribution in [0, 0.1) is 12.8 Å². The van der Waals surface area contributed by atoms with Crippen molar-refractivity contribution in [1.29, 1.82) is 0 Å². The van der Waals surface area contributed by atoms with Gasteiger partial charge in [-0.2, -0.15) is 0 Å². The molecule has 1 heterocycles. The number of amides is 2. The van der Waals surface area contributed by atoms with Crippen LogP contribution in [0.3, 0.4) is 0 Å². The summed E-state index contributed by atoms with van der Waals surface area (Å²) in [6.45, 7) is 3.00. The Kier molecular flexibility index (Phi) is 6.36. The molecule has 2 amide bonds. The average Bonchev–Trinajstić information content (AvgIpc) is 2.54. The number of rotatable bonds is 5. The number of carboxylic acids is 1. The molecule has 2 N–H and O–H groups in total. The van der Waals surface area contributed by atoms with Crippen LogP contribution in [-0.2, 0) is 9.59 Å². The summed E-state index contributed by atoms with van der Waals surface area (Å²) in [4.78, 5) is 37.1. The van der Waals surface area contributed by atoms with Crippen molar-refractivity contribution in [1.82, 2.24) is 10.2 Å². The Bertz CT molecular complexity index is 647. The van der Waals surface area contributed by atoms with E-state index in [1.807, 2.05) is 19.1 Å². The summed E-state index contributed by atoms with van der Waals surface area (Å²) in [5, 5.41) is 11.3. The predicted molar refractivity (Wildman–Crippen MR) is 92.8 cm³/mol. The number of hydrogen-bond acceptors (Lipinski definition) is 3. The zero-order chi connectivity index (χ0) is 17.7. The van der Waals surface area contributed by atoms with Crippen molar-refractivity contribution in [2.45, 2.75) is 26.2 Å². The van der Waals surface area contributed by atoms with Gasteiger partial charge in [-0.05, 0) is 43.5 Å². The first-order valence-electron chi connectivity index (χ1n) is 7.93. The second-order valence-electron chi connectivity index (χ2n) is 5.98. The Morgan fingerprint density at radius 3 is 2.79 bits per heavy atom. The molecule has 1 aliphatic rings. The van der Waals surface area contributed by atoms with Crippen molar-refractivity contribution >= 4 is 33.7 Å². The standard InChI is InChI=1S/C17H21BrN2O4/c1-11-9-13(18)4-5-14(11)17(24)20-8-2-3-12(10-20)16(23)19-7-6-15(21)22/h4-5,9,12H,2-3,6-8,10H2,1H3,(H,19,23)(H,21,22). The second-order valence-corrected chi connectivity index (χ2v) is 6.90. The molecule has 2 rings (SSSR count). The van der Waals surface area contributed by atoms with Crippen LogP contribution in [0.2, 0.25) is 0 Å². The number of carbonyl (C=O) groups is 3. The molecule has 1 fully saturated rings. The first-order chi connectivity index (χ1) is 11.4. The molecule has 0 aliphatic carbocycles. The smallest absolute Gasteiger partial charge is 0.305 e. The van der Waals surface area contributed by atoms with E-state index in [0.29, 0.717) is 25.1 Å². The summed E-state index contributed by atoms with van der Waals surface area (Å²) in [5.74, 6) is -1.47. The lowest BCUT2D eigenvalue weighted by Crippen LogP contribution is -2.45. The molecule has 0 spiro atoms. The summed E-state index contributed by atoms with van der Waals surface area (Å²) in [6.07, 6.45) is 1.37. The third kappa shape index (κ3) is 4.80. The molecule has 1 unspecified atom stereocenters. The maximum Gasteiger partial charge on any atom is 0.305 e. The fourth-order valence-corrected chi connectivity index (χ4v) is 3.33. The fourth-order valence-electron chi connectivity index (χ4n) is 2.85. The highest BCUT2D eigenvalue weighted by atomic mass is 79.9. The zero-order valence-corrected chi connectivity index (χ0v) is 15.1. The normalized spacial score (nSPS) is 17.4. The maximum atomic E-state index is 12.7. The molecule has 7 heteroatoms. The SMILES string of the molecule is Cc1cc(Br)ccc1C(=O)N1CCCC(C(=O)NCCC(=O)O)C1. The molecular formula is C17H21BrN2O4. The van der Waals surface area contributed by atoms with Gasteiger partial charge in [0.1, 0.15) is 0 Å². The van der Waals surface area contributed by atoms with Crippen LogP contribution in [0.25, 0.3) is 0 Å². The number of aryl methyl sites for hydroxylation is 1. The summed E-state index contributed by atoms with van der Waals surface area (Å²) in [7, 11) is 0. The molecule has 0 radical (unpaired) electrons. The van der Waals surface area contributed by atoms with Gasteiger partial charge >= 0.3 is 5.97 Å². The van der Waals surface area contributed by atoms with Crippen molar-refractivity contribution in [3.8, 4) is 0 Å². The number of nitrogens with zero attached hydrogens (tertiary/aromatic N) is 1. The third-order valence-corrected chi connectivity index (χ3v) is 4.63. The van der Waals surface area contributed by atoms with Crippen LogP contribution >= 0.6 is 15.9 Å². The summed E-state index contributed by atoms with van der Waals surface area (Å²) >= 11 is 3.38. The highest BCUT2D eigenvalue weighted by Gasteiger charge is 2.29. The number of halogens is 1. The molecule has 0 bridgehead atoms. The molecule has 1 aliphatic heterocycles. The van der Waals surface area contributed by atoms with E-state index in [1.165, 1.54) is 0 Å². The van der Waals surface area contributed by atoms with Gasteiger partial charge in [-0.15, -0.1) is 0 Å². The maximum absolute atomic E-state index is 12.7. The van der Waals surface area contributed by atoms with Gasteiger partial charge < -0.3 is 15.3 Å². The Morgan fingerprint density at radius 1 is 1.38 bits per heavy atom. The highest BCUT2D eigenvalue weighted by Crippen LogP contribution is 2.22. The quantitative estimate of drug-likeness (QED) is 0.798. The van der Waals surface area contributed by atoms with Crippen molar-refractivity contribution in [3.05, 3.63) is 33.8 Å². The van der Waals surface area contributed by atoms with E-state index in [0.717, 1.165) is 16.5 Å². The van der Waals surface area contributed by atoms with Gasteiger partial charge in [-0.1, -0.05) is 15.9 Å². The molecule has 0 aromatic heterocycles. The second kappa shape index (κ2) is 8.28. The Hall–Kier alpha value is -1.89.